The molecule has 5 heteroatoms. The number of hydrogen-bond donors (Lipinski definition) is 1. The quantitative estimate of drug-likeness (QED) is 0.879. The fraction of sp³-hybridized carbons (Fsp3) is 0.750. The second kappa shape index (κ2) is 6.52. The molecule has 98 valence electrons. The highest BCUT2D eigenvalue weighted by Crippen LogP contribution is 2.29. The van der Waals surface area contributed by atoms with Gasteiger partial charge in [0.1, 0.15) is 6.10 Å². The summed E-state index contributed by atoms with van der Waals surface area (Å²) in [4.78, 5) is 0. The third kappa shape index (κ3) is 3.30. The fourth-order valence-corrected chi connectivity index (χ4v) is 2.51. The average Bonchev–Trinajstić information content (AvgIpc) is 2.60. The van der Waals surface area contributed by atoms with Crippen molar-refractivity contribution in [3.63, 3.8) is 0 Å². The molecule has 1 N–H and O–H groups in total. The van der Waals surface area contributed by atoms with Crippen LogP contribution in [0.25, 0.3) is 0 Å². The van der Waals surface area contributed by atoms with E-state index in [0.717, 1.165) is 23.1 Å². The first kappa shape index (κ1) is 14.7. The van der Waals surface area contributed by atoms with E-state index in [0.29, 0.717) is 0 Å². The van der Waals surface area contributed by atoms with Crippen molar-refractivity contribution in [3.05, 3.63) is 16.4 Å². The van der Waals surface area contributed by atoms with Gasteiger partial charge in [-0.3, -0.25) is 4.68 Å². The highest BCUT2D eigenvalue weighted by Gasteiger charge is 2.28. The van der Waals surface area contributed by atoms with Gasteiger partial charge in [0.05, 0.1) is 22.5 Å². The van der Waals surface area contributed by atoms with Crippen molar-refractivity contribution in [3.8, 4) is 0 Å². The van der Waals surface area contributed by atoms with Crippen molar-refractivity contribution in [2.75, 3.05) is 7.11 Å². The average molecular weight is 305 g/mol. The normalized spacial score (nSPS) is 15.2. The van der Waals surface area contributed by atoms with Crippen molar-refractivity contribution in [1.29, 1.82) is 0 Å². The van der Waals surface area contributed by atoms with Crippen LogP contribution in [-0.4, -0.2) is 28.1 Å². The van der Waals surface area contributed by atoms with E-state index >= 15 is 0 Å². The molecule has 1 aromatic rings. The monoisotopic (exact) mass is 304 g/mol. The van der Waals surface area contributed by atoms with E-state index in [4.69, 9.17) is 4.74 Å². The van der Waals surface area contributed by atoms with Gasteiger partial charge < -0.3 is 9.84 Å². The summed E-state index contributed by atoms with van der Waals surface area (Å²) in [5.74, 6) is 0.242. The lowest BCUT2D eigenvalue weighted by atomic mass is 9.99. The van der Waals surface area contributed by atoms with Gasteiger partial charge in [0, 0.05) is 13.7 Å². The number of aliphatic hydroxyl groups excluding tert-OH is 1. The minimum atomic E-state index is -0.663. The lowest BCUT2D eigenvalue weighted by Gasteiger charge is -2.25. The van der Waals surface area contributed by atoms with Crippen molar-refractivity contribution in [1.82, 2.24) is 9.78 Å². The lowest BCUT2D eigenvalue weighted by molar-refractivity contribution is -0.0431. The van der Waals surface area contributed by atoms with Gasteiger partial charge in [0.15, 0.2) is 0 Å². The van der Waals surface area contributed by atoms with Crippen LogP contribution >= 0.6 is 15.9 Å². The zero-order valence-electron chi connectivity index (χ0n) is 10.9. The Balaban J connectivity index is 3.00. The number of rotatable bonds is 6. The van der Waals surface area contributed by atoms with E-state index in [2.05, 4.69) is 28.0 Å². The summed E-state index contributed by atoms with van der Waals surface area (Å²) in [6.07, 6.45) is 1.82. The molecule has 0 spiro atoms. The second-order valence-electron chi connectivity index (χ2n) is 4.49. The zero-order valence-corrected chi connectivity index (χ0v) is 12.4. The number of aromatic nitrogens is 2. The van der Waals surface area contributed by atoms with E-state index in [1.165, 1.54) is 0 Å². The topological polar surface area (TPSA) is 47.3 Å². The molecule has 0 aliphatic rings. The van der Waals surface area contributed by atoms with Crippen LogP contribution < -0.4 is 0 Å². The minimum Gasteiger partial charge on any atom is -0.384 e. The first-order valence-corrected chi connectivity index (χ1v) is 6.74. The molecule has 0 saturated heterocycles. The van der Waals surface area contributed by atoms with Crippen LogP contribution in [0.15, 0.2) is 10.7 Å². The minimum absolute atomic E-state index is 0.224. The molecule has 0 aromatic carbocycles. The Morgan fingerprint density at radius 2 is 2.18 bits per heavy atom. The second-order valence-corrected chi connectivity index (χ2v) is 5.34. The van der Waals surface area contributed by atoms with Crippen molar-refractivity contribution < 1.29 is 9.84 Å². The Hall–Kier alpha value is -0.390. The molecule has 0 radical (unpaired) electrons. The molecule has 0 aliphatic carbocycles. The maximum Gasteiger partial charge on any atom is 0.123 e. The fourth-order valence-electron chi connectivity index (χ4n) is 1.98. The molecule has 4 nitrogen and oxygen atoms in total. The largest absolute Gasteiger partial charge is 0.384 e. The third-order valence-electron chi connectivity index (χ3n) is 2.79. The van der Waals surface area contributed by atoms with E-state index in [-0.39, 0.29) is 12.0 Å². The molecule has 2 atom stereocenters. The summed E-state index contributed by atoms with van der Waals surface area (Å²) < 4.78 is 8.04. The van der Waals surface area contributed by atoms with Gasteiger partial charge in [-0.25, -0.2) is 0 Å². The van der Waals surface area contributed by atoms with Crippen LogP contribution in [0.2, 0.25) is 0 Å². The molecular weight excluding hydrogens is 284 g/mol. The van der Waals surface area contributed by atoms with Crippen molar-refractivity contribution in [2.24, 2.45) is 5.92 Å². The molecule has 1 aromatic heterocycles. The van der Waals surface area contributed by atoms with Gasteiger partial charge in [-0.15, -0.1) is 0 Å². The predicted molar refractivity (Wildman–Crippen MR) is 70.8 cm³/mol. The van der Waals surface area contributed by atoms with Gasteiger partial charge >= 0.3 is 0 Å². The van der Waals surface area contributed by atoms with Crippen LogP contribution in [0.1, 0.15) is 39.0 Å². The zero-order chi connectivity index (χ0) is 13.0. The van der Waals surface area contributed by atoms with Crippen LogP contribution in [0.3, 0.4) is 0 Å². The molecule has 2 unspecified atom stereocenters. The number of aryl methyl sites for hydroxylation is 1. The summed E-state index contributed by atoms with van der Waals surface area (Å²) in [6.45, 7) is 6.95. The Labute approximate surface area is 111 Å². The lowest BCUT2D eigenvalue weighted by Crippen LogP contribution is -2.28. The molecule has 0 aliphatic heterocycles. The van der Waals surface area contributed by atoms with Crippen molar-refractivity contribution >= 4 is 15.9 Å². The number of hydrogen-bond acceptors (Lipinski definition) is 3. The van der Waals surface area contributed by atoms with E-state index in [9.17, 15) is 5.11 Å². The van der Waals surface area contributed by atoms with Gasteiger partial charge in [-0.2, -0.15) is 5.10 Å². The Morgan fingerprint density at radius 1 is 1.53 bits per heavy atom. The summed E-state index contributed by atoms with van der Waals surface area (Å²) in [7, 11) is 1.63. The van der Waals surface area contributed by atoms with Gasteiger partial charge in [-0.05, 0) is 28.3 Å². The third-order valence-corrected chi connectivity index (χ3v) is 3.40. The van der Waals surface area contributed by atoms with Gasteiger partial charge in [0.2, 0.25) is 0 Å². The van der Waals surface area contributed by atoms with Gasteiger partial charge in [-0.1, -0.05) is 20.8 Å². The summed E-state index contributed by atoms with van der Waals surface area (Å²) in [5.41, 5.74) is 0.799. The first-order chi connectivity index (χ1) is 8.02. The van der Waals surface area contributed by atoms with Crippen LogP contribution in [-0.2, 0) is 11.3 Å². The highest BCUT2D eigenvalue weighted by atomic mass is 79.9. The smallest absolute Gasteiger partial charge is 0.123 e. The Kier molecular flexibility index (Phi) is 5.62. The Morgan fingerprint density at radius 3 is 2.65 bits per heavy atom. The molecule has 0 amide bonds. The molecule has 17 heavy (non-hydrogen) atoms. The van der Waals surface area contributed by atoms with Crippen LogP contribution in [0.5, 0.6) is 0 Å². The molecule has 0 fully saturated rings. The van der Waals surface area contributed by atoms with E-state index in [1.54, 1.807) is 13.3 Å². The summed E-state index contributed by atoms with van der Waals surface area (Å²) >= 11 is 3.44. The standard InChI is InChI=1S/C12H21BrN2O2/c1-5-6-15-10(9(13)7-14-15)11(16)12(17-4)8(2)3/h7-8,11-12,16H,5-6H2,1-4H3. The maximum atomic E-state index is 10.4. The molecular formula is C12H21BrN2O2. The Bertz CT molecular complexity index is 352. The molecule has 1 heterocycles. The van der Waals surface area contributed by atoms with Crippen molar-refractivity contribution in [2.45, 2.75) is 45.9 Å². The number of aliphatic hydroxyl groups is 1. The first-order valence-electron chi connectivity index (χ1n) is 5.94. The SMILES string of the molecule is CCCn1ncc(Br)c1C(O)C(OC)C(C)C. The van der Waals surface area contributed by atoms with E-state index < -0.39 is 6.10 Å². The number of nitrogens with zero attached hydrogens (tertiary/aromatic N) is 2. The summed E-state index contributed by atoms with van der Waals surface area (Å²) in [6, 6.07) is 0. The van der Waals surface area contributed by atoms with Gasteiger partial charge in [0.25, 0.3) is 0 Å². The predicted octanol–water partition coefficient (Wildman–Crippen LogP) is 2.76. The number of methoxy groups -OCH3 is 1. The maximum absolute atomic E-state index is 10.4. The van der Waals surface area contributed by atoms with E-state index in [1.807, 2.05) is 18.5 Å². The molecule has 0 saturated carbocycles. The molecule has 0 bridgehead atoms. The summed E-state index contributed by atoms with van der Waals surface area (Å²) in [5, 5.41) is 14.7. The highest BCUT2D eigenvalue weighted by molar-refractivity contribution is 9.10. The van der Waals surface area contributed by atoms with Crippen LogP contribution in [0, 0.1) is 5.92 Å². The number of halogens is 1. The molecule has 1 rings (SSSR count). The van der Waals surface area contributed by atoms with Crippen LogP contribution in [0.4, 0.5) is 0 Å². The number of ether oxygens (including phenoxy) is 1.